The lowest BCUT2D eigenvalue weighted by Gasteiger charge is -2.21. The van der Waals surface area contributed by atoms with Crippen molar-refractivity contribution >= 4 is 15.9 Å². The van der Waals surface area contributed by atoms with E-state index < -0.39 is 6.17 Å². The van der Waals surface area contributed by atoms with Crippen LogP contribution in [0.1, 0.15) is 17.3 Å². The molecule has 0 saturated carbocycles. The molecule has 1 aromatic rings. The number of fused-ring (bicyclic) bond motifs is 1. The molecule has 1 nitrogen and oxygen atoms in total. The van der Waals surface area contributed by atoms with Crippen LogP contribution in [0, 0.1) is 0 Å². The molecule has 0 fully saturated rings. The molecule has 1 aliphatic heterocycles. The Morgan fingerprint density at radius 1 is 1.50 bits per heavy atom. The summed E-state index contributed by atoms with van der Waals surface area (Å²) < 4.78 is 14.3. The van der Waals surface area contributed by atoms with Gasteiger partial charge in [-0.3, -0.25) is 0 Å². The molecule has 1 heterocycles. The monoisotopic (exact) mass is 229 g/mol. The van der Waals surface area contributed by atoms with Gasteiger partial charge in [-0.2, -0.15) is 0 Å². The van der Waals surface area contributed by atoms with E-state index in [0.29, 0.717) is 6.54 Å². The second-order valence-electron chi connectivity index (χ2n) is 2.91. The topological polar surface area (TPSA) is 12.0 Å². The van der Waals surface area contributed by atoms with E-state index in [1.54, 1.807) is 0 Å². The molecule has 64 valence electrons. The third-order valence-electron chi connectivity index (χ3n) is 2.12. The smallest absolute Gasteiger partial charge is 0.138 e. The van der Waals surface area contributed by atoms with Crippen molar-refractivity contribution in [3.63, 3.8) is 0 Å². The van der Waals surface area contributed by atoms with Gasteiger partial charge in [-0.1, -0.05) is 28.1 Å². The number of hydrogen-bond donors (Lipinski definition) is 1. The predicted octanol–water partition coefficient (Wildman–Crippen LogP) is 2.56. The van der Waals surface area contributed by atoms with Crippen LogP contribution in [0.5, 0.6) is 0 Å². The number of rotatable bonds is 0. The Bertz CT molecular complexity index is 301. The summed E-state index contributed by atoms with van der Waals surface area (Å²) in [4.78, 5) is 0. The van der Waals surface area contributed by atoms with Crippen LogP contribution in [-0.2, 0) is 6.54 Å². The lowest BCUT2D eigenvalue weighted by atomic mass is 10.00. The van der Waals surface area contributed by atoms with Crippen LogP contribution in [0.4, 0.5) is 4.39 Å². The van der Waals surface area contributed by atoms with E-state index in [-0.39, 0.29) is 0 Å². The summed E-state index contributed by atoms with van der Waals surface area (Å²) in [5, 5.41) is 3.03. The zero-order valence-electron chi connectivity index (χ0n) is 6.48. The van der Waals surface area contributed by atoms with Gasteiger partial charge in [0.05, 0.1) is 0 Å². The molecular weight excluding hydrogens is 221 g/mol. The Morgan fingerprint density at radius 2 is 2.33 bits per heavy atom. The molecule has 0 radical (unpaired) electrons. The maximum absolute atomic E-state index is 13.3. The van der Waals surface area contributed by atoms with Crippen molar-refractivity contribution in [3.05, 3.63) is 33.8 Å². The second kappa shape index (κ2) is 3.15. The van der Waals surface area contributed by atoms with Crippen molar-refractivity contribution in [2.45, 2.75) is 12.7 Å². The van der Waals surface area contributed by atoms with Crippen molar-refractivity contribution in [3.8, 4) is 0 Å². The van der Waals surface area contributed by atoms with Gasteiger partial charge in [0.25, 0.3) is 0 Å². The standard InChI is InChI=1S/C9H9BrFN/c10-8-3-1-2-6-7(8)4-12-5-9(6)11/h1-3,9,12H,4-5H2. The minimum absolute atomic E-state index is 0.434. The average Bonchev–Trinajstić information content (AvgIpc) is 2.07. The van der Waals surface area contributed by atoms with Crippen LogP contribution in [0.25, 0.3) is 0 Å². The first-order valence-electron chi connectivity index (χ1n) is 3.91. The third-order valence-corrected chi connectivity index (χ3v) is 2.86. The molecule has 1 N–H and O–H groups in total. The van der Waals surface area contributed by atoms with Crippen LogP contribution in [-0.4, -0.2) is 6.54 Å². The Kier molecular flexibility index (Phi) is 2.15. The van der Waals surface area contributed by atoms with E-state index in [0.717, 1.165) is 22.1 Å². The van der Waals surface area contributed by atoms with Gasteiger partial charge in [0.15, 0.2) is 0 Å². The highest BCUT2D eigenvalue weighted by atomic mass is 79.9. The van der Waals surface area contributed by atoms with Crippen molar-refractivity contribution < 1.29 is 4.39 Å². The van der Waals surface area contributed by atoms with Gasteiger partial charge >= 0.3 is 0 Å². The maximum atomic E-state index is 13.3. The molecule has 1 unspecified atom stereocenters. The highest BCUT2D eigenvalue weighted by Crippen LogP contribution is 2.29. The maximum Gasteiger partial charge on any atom is 0.138 e. The molecule has 12 heavy (non-hydrogen) atoms. The van der Waals surface area contributed by atoms with Crippen molar-refractivity contribution in [1.29, 1.82) is 0 Å². The van der Waals surface area contributed by atoms with E-state index in [4.69, 9.17) is 0 Å². The second-order valence-corrected chi connectivity index (χ2v) is 3.76. The highest BCUT2D eigenvalue weighted by molar-refractivity contribution is 9.10. The lowest BCUT2D eigenvalue weighted by Crippen LogP contribution is -2.26. The van der Waals surface area contributed by atoms with E-state index in [9.17, 15) is 4.39 Å². The molecule has 1 aromatic carbocycles. The van der Waals surface area contributed by atoms with Crippen molar-refractivity contribution in [1.82, 2.24) is 5.32 Å². The van der Waals surface area contributed by atoms with Crippen molar-refractivity contribution in [2.24, 2.45) is 0 Å². The summed E-state index contributed by atoms with van der Waals surface area (Å²) in [5.74, 6) is 0. The van der Waals surface area contributed by atoms with Crippen LogP contribution in [0.3, 0.4) is 0 Å². The summed E-state index contributed by atoms with van der Waals surface area (Å²) in [5.41, 5.74) is 1.87. The van der Waals surface area contributed by atoms with Gasteiger partial charge in [-0.05, 0) is 17.2 Å². The van der Waals surface area contributed by atoms with E-state index in [1.165, 1.54) is 0 Å². The first-order chi connectivity index (χ1) is 5.79. The number of nitrogens with one attached hydrogen (secondary N) is 1. The van der Waals surface area contributed by atoms with Gasteiger partial charge < -0.3 is 5.32 Å². The van der Waals surface area contributed by atoms with Gasteiger partial charge in [0, 0.05) is 17.6 Å². The highest BCUT2D eigenvalue weighted by Gasteiger charge is 2.19. The molecule has 0 aromatic heterocycles. The van der Waals surface area contributed by atoms with Gasteiger partial charge in [0.1, 0.15) is 6.17 Å². The zero-order chi connectivity index (χ0) is 8.55. The minimum Gasteiger partial charge on any atom is -0.309 e. The van der Waals surface area contributed by atoms with E-state index in [1.807, 2.05) is 18.2 Å². The fourth-order valence-corrected chi connectivity index (χ4v) is 2.01. The predicted molar refractivity (Wildman–Crippen MR) is 49.7 cm³/mol. The molecule has 0 bridgehead atoms. The molecule has 0 amide bonds. The number of benzene rings is 1. The van der Waals surface area contributed by atoms with Crippen LogP contribution < -0.4 is 5.32 Å². The Hall–Kier alpha value is -0.410. The lowest BCUT2D eigenvalue weighted by molar-refractivity contribution is 0.310. The fraction of sp³-hybridized carbons (Fsp3) is 0.333. The summed E-state index contributed by atoms with van der Waals surface area (Å²) in [7, 11) is 0. The third kappa shape index (κ3) is 1.27. The van der Waals surface area contributed by atoms with Gasteiger partial charge in [-0.15, -0.1) is 0 Å². The molecule has 3 heteroatoms. The first kappa shape index (κ1) is 8.20. The quantitative estimate of drug-likeness (QED) is 0.722. The Morgan fingerprint density at radius 3 is 3.08 bits per heavy atom. The van der Waals surface area contributed by atoms with Crippen LogP contribution in [0.15, 0.2) is 22.7 Å². The van der Waals surface area contributed by atoms with E-state index >= 15 is 0 Å². The normalized spacial score (nSPS) is 22.0. The molecule has 2 rings (SSSR count). The minimum atomic E-state index is -0.855. The number of alkyl halides is 1. The average molecular weight is 230 g/mol. The zero-order valence-corrected chi connectivity index (χ0v) is 8.07. The SMILES string of the molecule is FC1CNCc2c(Br)cccc21. The number of halogens is 2. The summed E-state index contributed by atoms with van der Waals surface area (Å²) in [6.07, 6.45) is -0.855. The molecule has 0 spiro atoms. The van der Waals surface area contributed by atoms with Crippen LogP contribution >= 0.6 is 15.9 Å². The first-order valence-corrected chi connectivity index (χ1v) is 4.70. The van der Waals surface area contributed by atoms with Gasteiger partial charge in [-0.25, -0.2) is 4.39 Å². The van der Waals surface area contributed by atoms with E-state index in [2.05, 4.69) is 21.2 Å². The fourth-order valence-electron chi connectivity index (χ4n) is 1.49. The van der Waals surface area contributed by atoms with Gasteiger partial charge in [0.2, 0.25) is 0 Å². The Balaban J connectivity index is 2.52. The summed E-state index contributed by atoms with van der Waals surface area (Å²) >= 11 is 3.40. The molecule has 1 atom stereocenters. The molecule has 1 aliphatic rings. The largest absolute Gasteiger partial charge is 0.309 e. The molecule has 0 aliphatic carbocycles. The van der Waals surface area contributed by atoms with Crippen molar-refractivity contribution in [2.75, 3.05) is 6.54 Å². The molecular formula is C9H9BrFN. The summed E-state index contributed by atoms with van der Waals surface area (Å²) in [6, 6.07) is 5.67. The van der Waals surface area contributed by atoms with Crippen LogP contribution in [0.2, 0.25) is 0 Å². The number of hydrogen-bond acceptors (Lipinski definition) is 1. The Labute approximate surface area is 79.1 Å². The molecule has 0 saturated heterocycles. The summed E-state index contributed by atoms with van der Waals surface area (Å²) in [6.45, 7) is 1.20.